The standard InChI is InChI=1S/C53H102N/c1-7-11-14-17-20-23-26-28-29-31-34-37-40-45-50-53(54(5,6)10-4,49-44-39-36-33-30-27-24-21-18-15-12-8-2)52-48-43-42-47-51(52)46-41-38-35-32-25-22-19-16-13-9-3/h42-43,47-48H,7-41,44-46,49-50H2,1-6H3/q+1. The lowest BCUT2D eigenvalue weighted by molar-refractivity contribution is -0.950. The summed E-state index contributed by atoms with van der Waals surface area (Å²) in [5.41, 5.74) is 3.64. The third-order valence-electron chi connectivity index (χ3n) is 13.7. The molecule has 1 unspecified atom stereocenters. The summed E-state index contributed by atoms with van der Waals surface area (Å²) < 4.78 is 1.14. The van der Waals surface area contributed by atoms with Crippen LogP contribution >= 0.6 is 0 Å². The van der Waals surface area contributed by atoms with Gasteiger partial charge in [0.1, 0.15) is 5.54 Å². The summed E-state index contributed by atoms with van der Waals surface area (Å²) in [6.07, 6.45) is 55.6. The molecule has 1 aromatic rings. The van der Waals surface area contributed by atoms with Crippen molar-refractivity contribution in [3.05, 3.63) is 35.4 Å². The van der Waals surface area contributed by atoms with Crippen LogP contribution in [0.4, 0.5) is 0 Å². The number of hydrogen-bond donors (Lipinski definition) is 0. The van der Waals surface area contributed by atoms with Crippen LogP contribution in [0.25, 0.3) is 0 Å². The van der Waals surface area contributed by atoms with Crippen molar-refractivity contribution < 1.29 is 4.48 Å². The maximum Gasteiger partial charge on any atom is 0.125 e. The first-order valence-electron chi connectivity index (χ1n) is 25.4. The van der Waals surface area contributed by atoms with Gasteiger partial charge in [0.2, 0.25) is 0 Å². The minimum atomic E-state index is 0.236. The minimum Gasteiger partial charge on any atom is -0.320 e. The molecule has 0 heterocycles. The minimum absolute atomic E-state index is 0.236. The van der Waals surface area contributed by atoms with Gasteiger partial charge >= 0.3 is 0 Å². The van der Waals surface area contributed by atoms with Gasteiger partial charge in [-0.15, -0.1) is 0 Å². The van der Waals surface area contributed by atoms with Crippen LogP contribution in [-0.4, -0.2) is 25.1 Å². The van der Waals surface area contributed by atoms with Crippen LogP contribution in [0, 0.1) is 0 Å². The Hall–Kier alpha value is -0.820. The number of hydrogen-bond acceptors (Lipinski definition) is 0. The lowest BCUT2D eigenvalue weighted by Crippen LogP contribution is -2.57. The van der Waals surface area contributed by atoms with E-state index in [9.17, 15) is 0 Å². The summed E-state index contributed by atoms with van der Waals surface area (Å²) in [5, 5.41) is 0. The van der Waals surface area contributed by atoms with Crippen LogP contribution in [0.3, 0.4) is 0 Å². The zero-order chi connectivity index (χ0) is 39.3. The fourth-order valence-corrected chi connectivity index (χ4v) is 9.49. The molecular formula is C53H102N+. The second-order valence-electron chi connectivity index (χ2n) is 18.6. The van der Waals surface area contributed by atoms with E-state index in [2.05, 4.69) is 66.1 Å². The van der Waals surface area contributed by atoms with Crippen molar-refractivity contribution in [2.75, 3.05) is 20.6 Å². The summed E-state index contributed by atoms with van der Waals surface area (Å²) in [5.74, 6) is 0. The number of benzene rings is 1. The first-order valence-corrected chi connectivity index (χ1v) is 25.4. The fourth-order valence-electron chi connectivity index (χ4n) is 9.49. The molecule has 0 aliphatic carbocycles. The van der Waals surface area contributed by atoms with E-state index in [1.807, 2.05) is 0 Å². The van der Waals surface area contributed by atoms with E-state index in [-0.39, 0.29) is 5.54 Å². The van der Waals surface area contributed by atoms with Gasteiger partial charge in [0.25, 0.3) is 0 Å². The van der Waals surface area contributed by atoms with Gasteiger partial charge < -0.3 is 4.48 Å². The first kappa shape index (κ1) is 51.2. The Kier molecular flexibility index (Phi) is 34.6. The second kappa shape index (κ2) is 36.5. The summed E-state index contributed by atoms with van der Waals surface area (Å²) >= 11 is 0. The SMILES string of the molecule is CCCCCCCCCCCCCCCCC(CCCCCCCCCCCCCC)(c1ccccc1CCCCCCCCCCCC)[N+](C)(C)CC. The van der Waals surface area contributed by atoms with Gasteiger partial charge in [-0.25, -0.2) is 0 Å². The highest BCUT2D eigenvalue weighted by atomic mass is 15.4. The fraction of sp³-hybridized carbons (Fsp3) is 0.887. The Morgan fingerprint density at radius 3 is 0.944 bits per heavy atom. The van der Waals surface area contributed by atoms with Crippen molar-refractivity contribution >= 4 is 0 Å². The van der Waals surface area contributed by atoms with Crippen molar-refractivity contribution in [1.82, 2.24) is 0 Å². The third kappa shape index (κ3) is 24.7. The number of aryl methyl sites for hydroxylation is 1. The molecule has 1 heteroatoms. The van der Waals surface area contributed by atoms with Crippen LogP contribution in [-0.2, 0) is 12.0 Å². The van der Waals surface area contributed by atoms with Crippen molar-refractivity contribution in [1.29, 1.82) is 0 Å². The van der Waals surface area contributed by atoms with E-state index in [1.54, 1.807) is 11.1 Å². The molecule has 0 bridgehead atoms. The molecule has 1 rings (SSSR count). The lowest BCUT2D eigenvalue weighted by Gasteiger charge is -2.50. The van der Waals surface area contributed by atoms with E-state index in [1.165, 1.54) is 257 Å². The number of quaternary nitrogens is 1. The highest BCUT2D eigenvalue weighted by Gasteiger charge is 2.46. The van der Waals surface area contributed by atoms with Crippen molar-refractivity contribution in [2.45, 2.75) is 284 Å². The van der Waals surface area contributed by atoms with Gasteiger partial charge in [-0.05, 0) is 38.2 Å². The summed E-state index contributed by atoms with van der Waals surface area (Å²) in [6.45, 7) is 10.6. The maximum absolute atomic E-state index is 2.59. The topological polar surface area (TPSA) is 0 Å². The first-order chi connectivity index (χ1) is 26.5. The van der Waals surface area contributed by atoms with Crippen molar-refractivity contribution in [2.24, 2.45) is 0 Å². The quantitative estimate of drug-likeness (QED) is 0.0461. The van der Waals surface area contributed by atoms with E-state index < -0.39 is 0 Å². The predicted octanol–water partition coefficient (Wildman–Crippen LogP) is 18.4. The lowest BCUT2D eigenvalue weighted by atomic mass is 9.74. The largest absolute Gasteiger partial charge is 0.320 e. The zero-order valence-electron chi connectivity index (χ0n) is 38.5. The molecule has 0 N–H and O–H groups in total. The van der Waals surface area contributed by atoms with Gasteiger partial charge in [0.05, 0.1) is 20.6 Å². The Morgan fingerprint density at radius 1 is 0.352 bits per heavy atom. The van der Waals surface area contributed by atoms with E-state index in [0.29, 0.717) is 0 Å². The van der Waals surface area contributed by atoms with Gasteiger partial charge in [-0.3, -0.25) is 0 Å². The van der Waals surface area contributed by atoms with E-state index >= 15 is 0 Å². The molecule has 0 saturated heterocycles. The highest BCUT2D eigenvalue weighted by molar-refractivity contribution is 5.33. The molecule has 0 aromatic heterocycles. The monoisotopic (exact) mass is 753 g/mol. The molecule has 54 heavy (non-hydrogen) atoms. The summed E-state index contributed by atoms with van der Waals surface area (Å²) in [6, 6.07) is 9.85. The Balaban J connectivity index is 2.77. The molecule has 0 aliphatic heterocycles. The highest BCUT2D eigenvalue weighted by Crippen LogP contribution is 2.44. The van der Waals surface area contributed by atoms with Gasteiger partial charge in [-0.2, -0.15) is 0 Å². The zero-order valence-corrected chi connectivity index (χ0v) is 38.5. The molecule has 318 valence electrons. The summed E-state index contributed by atoms with van der Waals surface area (Å²) in [7, 11) is 5.17. The Morgan fingerprint density at radius 2 is 0.630 bits per heavy atom. The molecule has 0 radical (unpaired) electrons. The summed E-state index contributed by atoms with van der Waals surface area (Å²) in [4.78, 5) is 0. The average molecular weight is 753 g/mol. The molecule has 1 nitrogen and oxygen atoms in total. The van der Waals surface area contributed by atoms with E-state index in [4.69, 9.17) is 0 Å². The number of nitrogens with zero attached hydrogens (tertiary/aromatic N) is 1. The van der Waals surface area contributed by atoms with Crippen LogP contribution in [0.1, 0.15) is 283 Å². The number of rotatable bonds is 42. The predicted molar refractivity (Wildman–Crippen MR) is 247 cm³/mol. The normalized spacial score (nSPS) is 13.1. The molecule has 0 saturated carbocycles. The van der Waals surface area contributed by atoms with Crippen molar-refractivity contribution in [3.8, 4) is 0 Å². The number of unbranched alkanes of at least 4 members (excludes halogenated alkanes) is 33. The Labute approximate surface area is 343 Å². The molecule has 1 aromatic carbocycles. The Bertz CT molecular complexity index is 902. The molecule has 0 fully saturated rings. The molecule has 0 aliphatic rings. The van der Waals surface area contributed by atoms with Crippen LogP contribution in [0.15, 0.2) is 24.3 Å². The molecule has 1 atom stereocenters. The second-order valence-corrected chi connectivity index (χ2v) is 18.6. The van der Waals surface area contributed by atoms with Gasteiger partial charge in [-0.1, -0.05) is 257 Å². The molecule has 0 spiro atoms. The van der Waals surface area contributed by atoms with Gasteiger partial charge in [0.15, 0.2) is 0 Å². The van der Waals surface area contributed by atoms with Gasteiger partial charge in [0, 0.05) is 18.4 Å². The van der Waals surface area contributed by atoms with E-state index in [0.717, 1.165) is 4.48 Å². The smallest absolute Gasteiger partial charge is 0.125 e. The van der Waals surface area contributed by atoms with Crippen LogP contribution < -0.4 is 0 Å². The molecular weight excluding hydrogens is 651 g/mol. The van der Waals surface area contributed by atoms with Crippen LogP contribution in [0.5, 0.6) is 0 Å². The third-order valence-corrected chi connectivity index (χ3v) is 13.7. The van der Waals surface area contributed by atoms with Crippen LogP contribution in [0.2, 0.25) is 0 Å². The van der Waals surface area contributed by atoms with Crippen molar-refractivity contribution in [3.63, 3.8) is 0 Å². The average Bonchev–Trinajstić information content (AvgIpc) is 3.18. The maximum atomic E-state index is 2.59. The molecule has 0 amide bonds.